The number of likely N-dealkylation sites (tertiary alicyclic amines) is 1. The molecule has 0 aromatic heterocycles. The molecule has 80 valence electrons. The number of halogens is 3. The molecule has 0 aliphatic carbocycles. The Hall–Kier alpha value is -0.800. The summed E-state index contributed by atoms with van der Waals surface area (Å²) in [6.07, 6.45) is -3.72. The van der Waals surface area contributed by atoms with Gasteiger partial charge in [0.05, 0.1) is 6.07 Å². The van der Waals surface area contributed by atoms with Crippen LogP contribution in [0.5, 0.6) is 0 Å². The second kappa shape index (κ2) is 4.15. The van der Waals surface area contributed by atoms with E-state index >= 15 is 0 Å². The zero-order valence-corrected chi connectivity index (χ0v) is 7.59. The van der Waals surface area contributed by atoms with Gasteiger partial charge in [-0.1, -0.05) is 0 Å². The van der Waals surface area contributed by atoms with Gasteiger partial charge in [-0.3, -0.25) is 0 Å². The van der Waals surface area contributed by atoms with Crippen LogP contribution in [-0.4, -0.2) is 36.8 Å². The normalized spacial score (nSPS) is 26.1. The van der Waals surface area contributed by atoms with E-state index in [1.54, 1.807) is 4.90 Å². The van der Waals surface area contributed by atoms with Gasteiger partial charge in [-0.05, 0) is 13.0 Å². The molecule has 0 amide bonds. The van der Waals surface area contributed by atoms with Gasteiger partial charge < -0.3 is 10.6 Å². The Kier molecular flexibility index (Phi) is 3.34. The Morgan fingerprint density at radius 2 is 2.21 bits per heavy atom. The Bertz CT molecular complexity index is 233. The van der Waals surface area contributed by atoms with Gasteiger partial charge in [0, 0.05) is 19.1 Å². The molecule has 0 saturated carbocycles. The molecule has 0 radical (unpaired) electrons. The summed E-state index contributed by atoms with van der Waals surface area (Å²) in [6, 6.07) is 1.22. The van der Waals surface area contributed by atoms with Gasteiger partial charge in [-0.25, -0.2) is 0 Å². The molecule has 0 aromatic carbocycles. The molecule has 1 heterocycles. The molecule has 1 aliphatic rings. The number of alkyl halides is 3. The van der Waals surface area contributed by atoms with E-state index < -0.39 is 12.1 Å². The molecule has 0 bridgehead atoms. The van der Waals surface area contributed by atoms with Crippen molar-refractivity contribution in [3.05, 3.63) is 0 Å². The van der Waals surface area contributed by atoms with Crippen LogP contribution < -0.4 is 5.73 Å². The van der Waals surface area contributed by atoms with Gasteiger partial charge in [0.25, 0.3) is 0 Å². The lowest BCUT2D eigenvalue weighted by molar-refractivity contribution is -0.162. The van der Waals surface area contributed by atoms with E-state index in [1.807, 2.05) is 0 Å². The van der Waals surface area contributed by atoms with Crippen molar-refractivity contribution >= 4 is 0 Å². The summed E-state index contributed by atoms with van der Waals surface area (Å²) in [7, 11) is 0. The molecular formula is C8H12F3N3. The number of nitriles is 1. The molecule has 3 nitrogen and oxygen atoms in total. The van der Waals surface area contributed by atoms with Crippen molar-refractivity contribution in [3.8, 4) is 6.07 Å². The summed E-state index contributed by atoms with van der Waals surface area (Å²) in [4.78, 5) is 1.59. The average molecular weight is 207 g/mol. The zero-order valence-electron chi connectivity index (χ0n) is 7.59. The van der Waals surface area contributed by atoms with Gasteiger partial charge in [0.1, 0.15) is 0 Å². The maximum Gasteiger partial charge on any atom is 0.405 e. The number of nitrogens with two attached hydrogens (primary N) is 1. The van der Waals surface area contributed by atoms with Gasteiger partial charge in [0.15, 0.2) is 5.92 Å². The fourth-order valence-electron chi connectivity index (χ4n) is 1.50. The lowest BCUT2D eigenvalue weighted by Gasteiger charge is -2.20. The third-order valence-electron chi connectivity index (χ3n) is 2.30. The lowest BCUT2D eigenvalue weighted by atomic mass is 10.1. The SMILES string of the molecule is N#CC(CN1CC[C@H](N)C1)C(F)(F)F. The van der Waals surface area contributed by atoms with E-state index in [0.29, 0.717) is 19.5 Å². The summed E-state index contributed by atoms with van der Waals surface area (Å²) in [5, 5.41) is 8.36. The summed E-state index contributed by atoms with van der Waals surface area (Å²) in [5.41, 5.74) is 5.55. The van der Waals surface area contributed by atoms with Crippen LogP contribution in [0.15, 0.2) is 0 Å². The number of nitrogens with zero attached hydrogens (tertiary/aromatic N) is 2. The molecule has 6 heteroatoms. The molecule has 0 spiro atoms. The van der Waals surface area contributed by atoms with E-state index in [4.69, 9.17) is 11.0 Å². The van der Waals surface area contributed by atoms with E-state index in [2.05, 4.69) is 0 Å². The minimum absolute atomic E-state index is 0.0532. The van der Waals surface area contributed by atoms with Crippen LogP contribution >= 0.6 is 0 Å². The second-order valence-electron chi connectivity index (χ2n) is 3.53. The first-order valence-corrected chi connectivity index (χ1v) is 4.37. The highest BCUT2D eigenvalue weighted by molar-refractivity contribution is 4.92. The highest BCUT2D eigenvalue weighted by Crippen LogP contribution is 2.27. The van der Waals surface area contributed by atoms with E-state index in [1.165, 1.54) is 6.07 Å². The van der Waals surface area contributed by atoms with Crippen LogP contribution in [0.1, 0.15) is 6.42 Å². The highest BCUT2D eigenvalue weighted by Gasteiger charge is 2.41. The van der Waals surface area contributed by atoms with Crippen LogP contribution in [0.2, 0.25) is 0 Å². The van der Waals surface area contributed by atoms with Crippen LogP contribution in [0.3, 0.4) is 0 Å². The Morgan fingerprint density at radius 1 is 1.57 bits per heavy atom. The summed E-state index contributed by atoms with van der Waals surface area (Å²) in [5.74, 6) is -1.90. The molecule has 14 heavy (non-hydrogen) atoms. The van der Waals surface area contributed by atoms with Crippen molar-refractivity contribution < 1.29 is 13.2 Å². The minimum Gasteiger partial charge on any atom is -0.326 e. The van der Waals surface area contributed by atoms with E-state index in [0.717, 1.165) is 0 Å². The fourth-order valence-corrected chi connectivity index (χ4v) is 1.50. The Morgan fingerprint density at radius 3 is 2.57 bits per heavy atom. The van der Waals surface area contributed by atoms with Crippen molar-refractivity contribution in [1.29, 1.82) is 5.26 Å². The second-order valence-corrected chi connectivity index (χ2v) is 3.53. The van der Waals surface area contributed by atoms with Crippen molar-refractivity contribution in [1.82, 2.24) is 4.90 Å². The van der Waals surface area contributed by atoms with Crippen LogP contribution in [0.4, 0.5) is 13.2 Å². The first-order chi connectivity index (χ1) is 6.43. The maximum absolute atomic E-state index is 12.2. The standard InChI is InChI=1S/C8H12F3N3/c9-8(10,11)6(3-12)4-14-2-1-7(13)5-14/h6-7H,1-2,4-5,13H2/t6?,7-/m0/s1. The Balaban J connectivity index is 2.46. The molecule has 2 N–H and O–H groups in total. The van der Waals surface area contributed by atoms with Crippen molar-refractivity contribution in [2.24, 2.45) is 11.7 Å². The topological polar surface area (TPSA) is 53.0 Å². The molecule has 1 aliphatic heterocycles. The van der Waals surface area contributed by atoms with Crippen molar-refractivity contribution in [3.63, 3.8) is 0 Å². The van der Waals surface area contributed by atoms with Gasteiger partial charge >= 0.3 is 6.18 Å². The van der Waals surface area contributed by atoms with Crippen LogP contribution in [-0.2, 0) is 0 Å². The van der Waals surface area contributed by atoms with E-state index in [9.17, 15) is 13.2 Å². The average Bonchev–Trinajstić information content (AvgIpc) is 2.45. The van der Waals surface area contributed by atoms with E-state index in [-0.39, 0.29) is 12.6 Å². The summed E-state index contributed by atoms with van der Waals surface area (Å²) in [6.45, 7) is 0.747. The van der Waals surface area contributed by atoms with Gasteiger partial charge in [0.2, 0.25) is 0 Å². The van der Waals surface area contributed by atoms with Gasteiger partial charge in [-0.15, -0.1) is 0 Å². The molecule has 1 saturated heterocycles. The molecule has 2 atom stereocenters. The predicted molar refractivity (Wildman–Crippen MR) is 44.2 cm³/mol. The van der Waals surface area contributed by atoms with Crippen molar-refractivity contribution in [2.45, 2.75) is 18.6 Å². The first-order valence-electron chi connectivity index (χ1n) is 4.37. The smallest absolute Gasteiger partial charge is 0.326 e. The van der Waals surface area contributed by atoms with Crippen LogP contribution in [0, 0.1) is 17.2 Å². The molecule has 1 rings (SSSR count). The number of rotatable bonds is 2. The monoisotopic (exact) mass is 207 g/mol. The molecule has 0 aromatic rings. The third kappa shape index (κ3) is 2.86. The largest absolute Gasteiger partial charge is 0.405 e. The molecule has 1 unspecified atom stereocenters. The predicted octanol–water partition coefficient (Wildman–Crippen LogP) is 0.721. The quantitative estimate of drug-likeness (QED) is 0.726. The summed E-state index contributed by atoms with van der Waals surface area (Å²) >= 11 is 0. The number of hydrogen-bond acceptors (Lipinski definition) is 3. The highest BCUT2D eigenvalue weighted by atomic mass is 19.4. The summed E-state index contributed by atoms with van der Waals surface area (Å²) < 4.78 is 36.6. The van der Waals surface area contributed by atoms with Crippen molar-refractivity contribution in [2.75, 3.05) is 19.6 Å². The number of hydrogen-bond donors (Lipinski definition) is 1. The zero-order chi connectivity index (χ0) is 10.8. The Labute approximate surface area is 80.3 Å². The molecule has 1 fully saturated rings. The van der Waals surface area contributed by atoms with Crippen LogP contribution in [0.25, 0.3) is 0 Å². The fraction of sp³-hybridized carbons (Fsp3) is 0.875. The first kappa shape index (κ1) is 11.3. The maximum atomic E-state index is 12.2. The third-order valence-corrected chi connectivity index (χ3v) is 2.30. The minimum atomic E-state index is -4.43. The lowest BCUT2D eigenvalue weighted by Crippen LogP contribution is -2.36. The molecular weight excluding hydrogens is 195 g/mol. The van der Waals surface area contributed by atoms with Gasteiger partial charge in [-0.2, -0.15) is 18.4 Å².